The lowest BCUT2D eigenvalue weighted by Gasteiger charge is -2.52. The Balaban J connectivity index is 1.07. The van der Waals surface area contributed by atoms with Gasteiger partial charge in [0.15, 0.2) is 5.82 Å². The topological polar surface area (TPSA) is 87.1 Å². The molecule has 0 amide bonds. The zero-order valence-electron chi connectivity index (χ0n) is 19.6. The van der Waals surface area contributed by atoms with Gasteiger partial charge in [-0.3, -0.25) is 4.98 Å². The van der Waals surface area contributed by atoms with Crippen LogP contribution in [0.5, 0.6) is 0 Å². The van der Waals surface area contributed by atoms with Crippen LogP contribution in [0.4, 0.5) is 0 Å². The first kappa shape index (κ1) is 22.3. The van der Waals surface area contributed by atoms with Crippen molar-refractivity contribution in [2.45, 2.75) is 94.7 Å². The van der Waals surface area contributed by atoms with E-state index in [0.717, 1.165) is 80.8 Å². The highest BCUT2D eigenvalue weighted by Gasteiger charge is 2.50. The molecular weight excluding hydrogens is 487 g/mol. The van der Waals surface area contributed by atoms with Crippen molar-refractivity contribution in [2.24, 2.45) is 5.41 Å². The Morgan fingerprint density at radius 3 is 2.23 bits per heavy atom. The zero-order valence-corrected chi connectivity index (χ0v) is 21.1. The van der Waals surface area contributed by atoms with E-state index in [0.29, 0.717) is 39.7 Å². The summed E-state index contributed by atoms with van der Waals surface area (Å²) >= 11 is 12.9. The highest BCUT2D eigenvalue weighted by atomic mass is 35.5. The Hall–Kier alpha value is -1.96. The van der Waals surface area contributed by atoms with Crippen molar-refractivity contribution in [3.63, 3.8) is 0 Å². The third kappa shape index (κ3) is 4.09. The van der Waals surface area contributed by atoms with Crippen molar-refractivity contribution in [1.82, 2.24) is 20.3 Å². The molecule has 0 unspecified atom stereocenters. The van der Waals surface area contributed by atoms with Crippen LogP contribution >= 0.6 is 23.2 Å². The lowest BCUT2D eigenvalue weighted by atomic mass is 9.57. The summed E-state index contributed by atoms with van der Waals surface area (Å²) in [5, 5.41) is 9.55. The molecule has 2 bridgehead atoms. The van der Waals surface area contributed by atoms with E-state index >= 15 is 0 Å². The zero-order chi connectivity index (χ0) is 23.6. The highest BCUT2D eigenvalue weighted by Crippen LogP contribution is 2.56. The minimum absolute atomic E-state index is 0.100. The van der Waals surface area contributed by atoms with Crippen LogP contribution < -0.4 is 0 Å². The van der Waals surface area contributed by atoms with Crippen LogP contribution in [0, 0.1) is 5.41 Å². The van der Waals surface area contributed by atoms with Gasteiger partial charge in [0.2, 0.25) is 5.89 Å². The molecule has 3 aromatic heterocycles. The van der Waals surface area contributed by atoms with Crippen molar-refractivity contribution in [3.05, 3.63) is 45.5 Å². The molecule has 9 heteroatoms. The molecule has 3 heterocycles. The summed E-state index contributed by atoms with van der Waals surface area (Å²) in [6.45, 7) is 0.459. The number of nitrogens with zero attached hydrogens (tertiary/aromatic N) is 4. The fourth-order valence-corrected chi connectivity index (χ4v) is 6.61. The number of rotatable bonds is 8. The van der Waals surface area contributed by atoms with E-state index in [1.165, 1.54) is 12.8 Å². The third-order valence-corrected chi connectivity index (χ3v) is 9.24. The molecule has 0 aliphatic heterocycles. The van der Waals surface area contributed by atoms with Crippen molar-refractivity contribution in [2.75, 3.05) is 0 Å². The van der Waals surface area contributed by atoms with E-state index in [1.54, 1.807) is 12.4 Å². The molecule has 3 aromatic rings. The molecule has 5 aliphatic carbocycles. The van der Waals surface area contributed by atoms with Gasteiger partial charge in [-0.25, -0.2) is 0 Å². The van der Waals surface area contributed by atoms with Gasteiger partial charge in [0.05, 0.1) is 22.3 Å². The lowest BCUT2D eigenvalue weighted by molar-refractivity contribution is -0.144. The van der Waals surface area contributed by atoms with Gasteiger partial charge in [0.1, 0.15) is 11.5 Å². The van der Waals surface area contributed by atoms with Crippen LogP contribution in [0.2, 0.25) is 10.0 Å². The van der Waals surface area contributed by atoms with Crippen molar-refractivity contribution in [3.8, 4) is 11.3 Å². The molecule has 0 radical (unpaired) electrons. The van der Waals surface area contributed by atoms with Gasteiger partial charge < -0.3 is 13.8 Å². The minimum atomic E-state index is -0.100. The average Bonchev–Trinajstić information content (AvgIpc) is 3.80. The van der Waals surface area contributed by atoms with Gasteiger partial charge in [0.25, 0.3) is 0 Å². The molecule has 8 rings (SSSR count). The Labute approximate surface area is 213 Å². The lowest BCUT2D eigenvalue weighted by Crippen LogP contribution is -2.48. The second-order valence-corrected chi connectivity index (χ2v) is 11.9. The quantitative estimate of drug-likeness (QED) is 0.318. The normalized spacial score (nSPS) is 28.1. The smallest absolute Gasteiger partial charge is 0.227 e. The molecule has 0 spiro atoms. The standard InChI is InChI=1S/C26H28Cl2N4O3/c27-18-12-29-13-19(28)21(18)22-17(23(35-31-22)15-1-2-15)14-33-26-8-5-25(6-9-26,7-10-26)11-20-30-24(32-34-20)16-3-4-16/h12-13,15-16H,1-11,14H2. The maximum atomic E-state index is 6.75. The number of aromatic nitrogens is 4. The van der Waals surface area contributed by atoms with Crippen LogP contribution in [0.15, 0.2) is 21.4 Å². The van der Waals surface area contributed by atoms with Gasteiger partial charge in [0, 0.05) is 41.8 Å². The Bertz CT molecular complexity index is 1220. The first-order valence-electron chi connectivity index (χ1n) is 12.8. The van der Waals surface area contributed by atoms with Crippen LogP contribution in [0.1, 0.15) is 99.1 Å². The molecule has 0 atom stereocenters. The molecule has 0 saturated heterocycles. The summed E-state index contributed by atoms with van der Waals surface area (Å²) in [6, 6.07) is 0. The van der Waals surface area contributed by atoms with E-state index in [-0.39, 0.29) is 11.0 Å². The summed E-state index contributed by atoms with van der Waals surface area (Å²) in [5.74, 6) is 3.59. The molecular formula is C26H28Cl2N4O3. The summed E-state index contributed by atoms with van der Waals surface area (Å²) < 4.78 is 18.2. The predicted octanol–water partition coefficient (Wildman–Crippen LogP) is 7.03. The van der Waals surface area contributed by atoms with E-state index in [1.807, 2.05) is 0 Å². The van der Waals surface area contributed by atoms with E-state index in [9.17, 15) is 0 Å². The average molecular weight is 515 g/mol. The fourth-order valence-electron chi connectivity index (χ4n) is 6.07. The van der Waals surface area contributed by atoms with E-state index in [2.05, 4.69) is 15.3 Å². The second-order valence-electron chi connectivity index (χ2n) is 11.1. The van der Waals surface area contributed by atoms with E-state index in [4.69, 9.17) is 42.0 Å². The number of fused-ring (bicyclic) bond motifs is 3. The number of hydrogen-bond acceptors (Lipinski definition) is 7. The minimum Gasteiger partial charge on any atom is -0.370 e. The summed E-state index contributed by atoms with van der Waals surface area (Å²) in [6.07, 6.45) is 15.2. The monoisotopic (exact) mass is 514 g/mol. The molecule has 0 N–H and O–H groups in total. The second kappa shape index (κ2) is 8.29. The Morgan fingerprint density at radius 1 is 0.886 bits per heavy atom. The fraction of sp³-hybridized carbons (Fsp3) is 0.615. The molecule has 5 saturated carbocycles. The van der Waals surface area contributed by atoms with Gasteiger partial charge in [-0.2, -0.15) is 4.98 Å². The van der Waals surface area contributed by atoms with Crippen LogP contribution in [-0.2, 0) is 17.8 Å². The number of hydrogen-bond donors (Lipinski definition) is 0. The highest BCUT2D eigenvalue weighted by molar-refractivity contribution is 6.38. The van der Waals surface area contributed by atoms with Gasteiger partial charge >= 0.3 is 0 Å². The molecule has 35 heavy (non-hydrogen) atoms. The summed E-state index contributed by atoms with van der Waals surface area (Å²) in [7, 11) is 0. The third-order valence-electron chi connectivity index (χ3n) is 8.66. The van der Waals surface area contributed by atoms with Crippen LogP contribution in [0.25, 0.3) is 11.3 Å². The van der Waals surface area contributed by atoms with Crippen molar-refractivity contribution >= 4 is 23.2 Å². The number of ether oxygens (including phenoxy) is 1. The molecule has 5 aliphatic rings. The van der Waals surface area contributed by atoms with Crippen LogP contribution in [0.3, 0.4) is 0 Å². The first-order valence-corrected chi connectivity index (χ1v) is 13.5. The number of halogens is 2. The van der Waals surface area contributed by atoms with E-state index < -0.39 is 0 Å². The summed E-state index contributed by atoms with van der Waals surface area (Å²) in [5.41, 5.74) is 2.50. The summed E-state index contributed by atoms with van der Waals surface area (Å²) in [4.78, 5) is 8.78. The maximum Gasteiger partial charge on any atom is 0.227 e. The maximum absolute atomic E-state index is 6.75. The molecule has 5 fully saturated rings. The SMILES string of the molecule is Clc1cncc(Cl)c1-c1noc(C2CC2)c1COC12CCC(Cc3nc(C4CC4)no3)(CC1)CC2. The van der Waals surface area contributed by atoms with Crippen molar-refractivity contribution in [1.29, 1.82) is 0 Å². The predicted molar refractivity (Wildman–Crippen MR) is 129 cm³/mol. The molecule has 7 nitrogen and oxygen atoms in total. The largest absolute Gasteiger partial charge is 0.370 e. The van der Waals surface area contributed by atoms with Crippen molar-refractivity contribution < 1.29 is 13.8 Å². The molecule has 184 valence electrons. The number of pyridine rings is 1. The Morgan fingerprint density at radius 2 is 1.57 bits per heavy atom. The van der Waals surface area contributed by atoms with Crippen LogP contribution in [-0.4, -0.2) is 25.9 Å². The Kier molecular flexibility index (Phi) is 5.27. The van der Waals surface area contributed by atoms with Gasteiger partial charge in [-0.1, -0.05) is 33.5 Å². The van der Waals surface area contributed by atoms with Gasteiger partial charge in [-0.05, 0) is 69.6 Å². The van der Waals surface area contributed by atoms with Gasteiger partial charge in [-0.15, -0.1) is 0 Å². The first-order chi connectivity index (χ1) is 17.0. The molecule has 0 aromatic carbocycles.